The molecule has 9 heteroatoms. The van der Waals surface area contributed by atoms with Crippen molar-refractivity contribution in [3.05, 3.63) is 71.0 Å². The number of hydrogen-bond acceptors (Lipinski definition) is 6. The SMILES string of the molecule is Cn1cc(-c2cc(N)ccc2Oc2cccc(N3CC(N4CCNCC4)C3)c2F)c2cc[nH]c2c1=O. The highest BCUT2D eigenvalue weighted by Crippen LogP contribution is 2.40. The van der Waals surface area contributed by atoms with E-state index in [9.17, 15) is 4.79 Å². The number of nitrogens with zero attached hydrogens (tertiary/aromatic N) is 3. The molecule has 0 amide bonds. The number of piperazine rings is 1. The normalized spacial score (nSPS) is 16.9. The van der Waals surface area contributed by atoms with E-state index in [0.29, 0.717) is 34.2 Å². The van der Waals surface area contributed by atoms with Gasteiger partial charge in [-0.1, -0.05) is 6.07 Å². The highest BCUT2D eigenvalue weighted by Gasteiger charge is 2.34. The Morgan fingerprint density at radius 3 is 2.67 bits per heavy atom. The average molecular weight is 489 g/mol. The zero-order valence-electron chi connectivity index (χ0n) is 20.1. The van der Waals surface area contributed by atoms with Crippen LogP contribution in [0.4, 0.5) is 15.8 Å². The predicted octanol–water partition coefficient (Wildman–Crippen LogP) is 3.14. The Labute approximate surface area is 208 Å². The number of halogens is 1. The molecule has 2 aromatic heterocycles. The van der Waals surface area contributed by atoms with Crippen LogP contribution in [0.15, 0.2) is 59.7 Å². The molecule has 4 N–H and O–H groups in total. The smallest absolute Gasteiger partial charge is 0.274 e. The molecule has 2 fully saturated rings. The topological polar surface area (TPSA) is 91.6 Å². The van der Waals surface area contributed by atoms with E-state index < -0.39 is 0 Å². The van der Waals surface area contributed by atoms with E-state index in [1.807, 2.05) is 12.1 Å². The minimum Gasteiger partial charge on any atom is -0.454 e. The second-order valence-electron chi connectivity index (χ2n) is 9.52. The maximum absolute atomic E-state index is 15.7. The van der Waals surface area contributed by atoms with Crippen molar-refractivity contribution in [1.29, 1.82) is 0 Å². The molecular weight excluding hydrogens is 459 g/mol. The van der Waals surface area contributed by atoms with E-state index in [-0.39, 0.29) is 17.1 Å². The number of nitrogens with one attached hydrogen (secondary N) is 2. The summed E-state index contributed by atoms with van der Waals surface area (Å²) < 4.78 is 23.4. The molecule has 0 atom stereocenters. The summed E-state index contributed by atoms with van der Waals surface area (Å²) in [6, 6.07) is 12.8. The Hall–Kier alpha value is -3.82. The third-order valence-electron chi connectivity index (χ3n) is 7.22. The van der Waals surface area contributed by atoms with Gasteiger partial charge in [0.2, 0.25) is 0 Å². The van der Waals surface area contributed by atoms with Crippen LogP contribution in [-0.4, -0.2) is 59.8 Å². The number of nitrogens with two attached hydrogens (primary N) is 1. The zero-order valence-corrected chi connectivity index (χ0v) is 20.1. The Morgan fingerprint density at radius 2 is 1.86 bits per heavy atom. The first-order valence-corrected chi connectivity index (χ1v) is 12.2. The molecule has 2 saturated heterocycles. The van der Waals surface area contributed by atoms with Gasteiger partial charge in [-0.15, -0.1) is 0 Å². The fourth-order valence-corrected chi connectivity index (χ4v) is 5.20. The lowest BCUT2D eigenvalue weighted by molar-refractivity contribution is 0.147. The van der Waals surface area contributed by atoms with Gasteiger partial charge in [-0.3, -0.25) is 9.69 Å². The summed E-state index contributed by atoms with van der Waals surface area (Å²) in [4.78, 5) is 20.1. The lowest BCUT2D eigenvalue weighted by Crippen LogP contribution is -2.63. The third kappa shape index (κ3) is 3.90. The van der Waals surface area contributed by atoms with E-state index >= 15 is 4.39 Å². The van der Waals surface area contributed by atoms with Gasteiger partial charge in [0.25, 0.3) is 5.56 Å². The van der Waals surface area contributed by atoms with Crippen molar-refractivity contribution in [3.63, 3.8) is 0 Å². The van der Waals surface area contributed by atoms with Crippen LogP contribution < -0.4 is 26.2 Å². The number of H-pyrrole nitrogens is 1. The molecule has 2 aliphatic rings. The monoisotopic (exact) mass is 488 g/mol. The number of benzene rings is 2. The van der Waals surface area contributed by atoms with Crippen molar-refractivity contribution in [3.8, 4) is 22.6 Å². The van der Waals surface area contributed by atoms with Crippen LogP contribution in [0, 0.1) is 5.82 Å². The van der Waals surface area contributed by atoms with Crippen molar-refractivity contribution < 1.29 is 9.13 Å². The Morgan fingerprint density at radius 1 is 1.06 bits per heavy atom. The largest absolute Gasteiger partial charge is 0.454 e. The number of anilines is 2. The summed E-state index contributed by atoms with van der Waals surface area (Å²) in [7, 11) is 1.70. The fraction of sp³-hybridized carbons (Fsp3) is 0.296. The van der Waals surface area contributed by atoms with Crippen LogP contribution in [-0.2, 0) is 7.05 Å². The maximum Gasteiger partial charge on any atom is 0.274 e. The van der Waals surface area contributed by atoms with Gasteiger partial charge in [-0.05, 0) is 36.4 Å². The molecule has 4 aromatic rings. The van der Waals surface area contributed by atoms with E-state index in [4.69, 9.17) is 10.5 Å². The quantitative estimate of drug-likeness (QED) is 0.374. The molecule has 0 spiro atoms. The lowest BCUT2D eigenvalue weighted by atomic mass is 10.0. The minimum atomic E-state index is -0.383. The first-order chi connectivity index (χ1) is 17.5. The molecular formula is C27H29FN6O2. The standard InChI is InChI=1S/C27H29FN6O2/c1-32-16-21(19-7-8-31-26(19)27(32)35)20-13-17(29)5-6-23(20)36-24-4-2-3-22(25(24)28)34-14-18(15-34)33-11-9-30-10-12-33/h2-8,13,16,18,30-31H,9-12,14-15,29H2,1H3. The minimum absolute atomic E-state index is 0.127. The number of aryl methyl sites for hydroxylation is 1. The van der Waals surface area contributed by atoms with Crippen LogP contribution in [0.5, 0.6) is 11.5 Å². The van der Waals surface area contributed by atoms with Gasteiger partial charge < -0.3 is 30.2 Å². The van der Waals surface area contributed by atoms with Gasteiger partial charge in [0.1, 0.15) is 11.3 Å². The number of fused-ring (bicyclic) bond motifs is 1. The number of pyridine rings is 1. The van der Waals surface area contributed by atoms with Gasteiger partial charge in [0, 0.05) is 87.0 Å². The number of nitrogen functional groups attached to an aromatic ring is 1. The number of ether oxygens (including phenoxy) is 1. The van der Waals surface area contributed by atoms with Crippen LogP contribution in [0.3, 0.4) is 0 Å². The molecule has 2 aromatic carbocycles. The Bertz CT molecular complexity index is 1480. The number of rotatable bonds is 5. The average Bonchev–Trinajstić information content (AvgIpc) is 3.35. The van der Waals surface area contributed by atoms with Crippen molar-refractivity contribution in [2.24, 2.45) is 7.05 Å². The van der Waals surface area contributed by atoms with Crippen molar-refractivity contribution in [2.75, 3.05) is 49.9 Å². The van der Waals surface area contributed by atoms with E-state index in [2.05, 4.69) is 20.1 Å². The molecule has 0 bridgehead atoms. The van der Waals surface area contributed by atoms with Crippen LogP contribution in [0.2, 0.25) is 0 Å². The summed E-state index contributed by atoms with van der Waals surface area (Å²) >= 11 is 0. The van der Waals surface area contributed by atoms with Gasteiger partial charge >= 0.3 is 0 Å². The maximum atomic E-state index is 15.7. The summed E-state index contributed by atoms with van der Waals surface area (Å²) in [5, 5.41) is 4.13. The highest BCUT2D eigenvalue weighted by atomic mass is 19.1. The van der Waals surface area contributed by atoms with Crippen molar-refractivity contribution in [1.82, 2.24) is 19.8 Å². The summed E-state index contributed by atoms with van der Waals surface area (Å²) in [5.41, 5.74) is 9.03. The highest BCUT2D eigenvalue weighted by molar-refractivity contribution is 5.96. The van der Waals surface area contributed by atoms with Crippen LogP contribution in [0.25, 0.3) is 22.0 Å². The zero-order chi connectivity index (χ0) is 24.8. The molecule has 186 valence electrons. The molecule has 0 unspecified atom stereocenters. The number of aromatic nitrogens is 2. The summed E-state index contributed by atoms with van der Waals surface area (Å²) in [6.45, 7) is 5.67. The van der Waals surface area contributed by atoms with Crippen molar-refractivity contribution in [2.45, 2.75) is 6.04 Å². The molecule has 0 radical (unpaired) electrons. The Kier molecular flexibility index (Phi) is 5.66. The first kappa shape index (κ1) is 22.6. The first-order valence-electron chi connectivity index (χ1n) is 12.2. The van der Waals surface area contributed by atoms with Crippen LogP contribution >= 0.6 is 0 Å². The molecule has 36 heavy (non-hydrogen) atoms. The third-order valence-corrected chi connectivity index (χ3v) is 7.22. The van der Waals surface area contributed by atoms with E-state index in [0.717, 1.165) is 50.2 Å². The van der Waals surface area contributed by atoms with Gasteiger partial charge in [0.05, 0.1) is 5.69 Å². The molecule has 4 heterocycles. The van der Waals surface area contributed by atoms with Crippen LogP contribution in [0.1, 0.15) is 0 Å². The fourth-order valence-electron chi connectivity index (χ4n) is 5.20. The van der Waals surface area contributed by atoms with Gasteiger partial charge in [-0.2, -0.15) is 0 Å². The molecule has 0 saturated carbocycles. The second-order valence-corrected chi connectivity index (χ2v) is 9.52. The van der Waals surface area contributed by atoms with E-state index in [1.54, 1.807) is 49.8 Å². The predicted molar refractivity (Wildman–Crippen MR) is 140 cm³/mol. The van der Waals surface area contributed by atoms with E-state index in [1.165, 1.54) is 4.57 Å². The molecule has 0 aliphatic carbocycles. The lowest BCUT2D eigenvalue weighted by Gasteiger charge is -2.48. The number of aromatic amines is 1. The Balaban J connectivity index is 1.31. The summed E-state index contributed by atoms with van der Waals surface area (Å²) in [5.74, 6) is 0.231. The molecule has 2 aliphatic heterocycles. The molecule has 8 nitrogen and oxygen atoms in total. The van der Waals surface area contributed by atoms with Gasteiger partial charge in [-0.25, -0.2) is 4.39 Å². The molecule has 6 rings (SSSR count). The summed E-state index contributed by atoms with van der Waals surface area (Å²) in [6.07, 6.45) is 3.48. The van der Waals surface area contributed by atoms with Crippen molar-refractivity contribution >= 4 is 22.3 Å². The van der Waals surface area contributed by atoms with Gasteiger partial charge in [0.15, 0.2) is 11.6 Å². The second kappa shape index (κ2) is 9.00. The number of hydrogen-bond donors (Lipinski definition) is 3.